The summed E-state index contributed by atoms with van der Waals surface area (Å²) in [5.41, 5.74) is 2.60. The van der Waals surface area contributed by atoms with Crippen LogP contribution in [0.25, 0.3) is 0 Å². The second kappa shape index (κ2) is 6.40. The summed E-state index contributed by atoms with van der Waals surface area (Å²) in [5, 5.41) is 9.61. The first-order chi connectivity index (χ1) is 11.1. The molecule has 0 spiro atoms. The highest BCUT2D eigenvalue weighted by molar-refractivity contribution is 6.61. The number of nitrogens with zero attached hydrogens (tertiary/aromatic N) is 1. The van der Waals surface area contributed by atoms with Gasteiger partial charge in [0.25, 0.3) is 0 Å². The Balaban J connectivity index is 1.78. The van der Waals surface area contributed by atoms with Crippen LogP contribution in [-0.4, -0.2) is 29.7 Å². The third-order valence-corrected chi connectivity index (χ3v) is 3.56. The van der Waals surface area contributed by atoms with E-state index in [1.165, 1.54) is 0 Å². The number of fused-ring (bicyclic) bond motifs is 1. The molecule has 118 valence electrons. The van der Waals surface area contributed by atoms with E-state index in [-0.39, 0.29) is 0 Å². The van der Waals surface area contributed by atoms with Gasteiger partial charge in [0, 0.05) is 6.07 Å². The fraction of sp³-hybridized carbons (Fsp3) is 0.250. The van der Waals surface area contributed by atoms with Gasteiger partial charge in [-0.2, -0.15) is 0 Å². The lowest BCUT2D eigenvalue weighted by Crippen LogP contribution is -2.27. The van der Waals surface area contributed by atoms with Crippen LogP contribution in [-0.2, 0) is 16.0 Å². The van der Waals surface area contributed by atoms with Crippen LogP contribution in [0.1, 0.15) is 28.5 Å². The molecule has 3 rings (SSSR count). The molecule has 0 bridgehead atoms. The number of hydrogen-bond acceptors (Lipinski definition) is 6. The molecular weight excluding hydrogens is 297 g/mol. The van der Waals surface area contributed by atoms with Crippen molar-refractivity contribution in [2.75, 3.05) is 6.61 Å². The van der Waals surface area contributed by atoms with Crippen molar-refractivity contribution in [3.05, 3.63) is 47.2 Å². The number of aryl methyl sites for hydroxylation is 1. The standard InChI is InChI=1S/C16H16BNO5/c1-3-21-16(19)13-5-7-15(18-10(13)2)23-12-4-6-14-11(8-12)9-22-17(14)20/h4-8,20H,3,9H2,1-2H3. The lowest BCUT2D eigenvalue weighted by Gasteiger charge is -2.09. The topological polar surface area (TPSA) is 77.9 Å². The number of pyridine rings is 1. The highest BCUT2D eigenvalue weighted by Crippen LogP contribution is 2.23. The number of rotatable bonds is 4. The van der Waals surface area contributed by atoms with Crippen molar-refractivity contribution in [3.63, 3.8) is 0 Å². The zero-order valence-electron chi connectivity index (χ0n) is 12.9. The van der Waals surface area contributed by atoms with Crippen molar-refractivity contribution in [2.24, 2.45) is 0 Å². The number of carbonyl (C=O) groups is 1. The predicted octanol–water partition coefficient (Wildman–Crippen LogP) is 1.58. The summed E-state index contributed by atoms with van der Waals surface area (Å²) in [6, 6.07) is 8.57. The fourth-order valence-electron chi connectivity index (χ4n) is 2.41. The predicted molar refractivity (Wildman–Crippen MR) is 83.8 cm³/mol. The van der Waals surface area contributed by atoms with Gasteiger partial charge in [0.15, 0.2) is 0 Å². The quantitative estimate of drug-likeness (QED) is 0.682. The summed E-state index contributed by atoms with van der Waals surface area (Å²) in [4.78, 5) is 16.0. The molecule has 0 aliphatic carbocycles. The van der Waals surface area contributed by atoms with Gasteiger partial charge in [-0.15, -0.1) is 0 Å². The second-order valence-electron chi connectivity index (χ2n) is 5.13. The molecule has 7 heteroatoms. The number of benzene rings is 1. The molecule has 23 heavy (non-hydrogen) atoms. The third-order valence-electron chi connectivity index (χ3n) is 3.56. The van der Waals surface area contributed by atoms with E-state index < -0.39 is 13.1 Å². The van der Waals surface area contributed by atoms with Crippen LogP contribution in [0.3, 0.4) is 0 Å². The average Bonchev–Trinajstić information content (AvgIpc) is 2.88. The van der Waals surface area contributed by atoms with E-state index >= 15 is 0 Å². The van der Waals surface area contributed by atoms with Crippen molar-refractivity contribution in [2.45, 2.75) is 20.5 Å². The monoisotopic (exact) mass is 313 g/mol. The van der Waals surface area contributed by atoms with Crippen LogP contribution in [0.5, 0.6) is 11.6 Å². The maximum absolute atomic E-state index is 11.8. The third kappa shape index (κ3) is 3.20. The summed E-state index contributed by atoms with van der Waals surface area (Å²) < 4.78 is 15.8. The number of esters is 1. The minimum absolute atomic E-state index is 0.319. The van der Waals surface area contributed by atoms with Gasteiger partial charge >= 0.3 is 13.1 Å². The molecule has 1 N–H and O–H groups in total. The summed E-state index contributed by atoms with van der Waals surface area (Å²) >= 11 is 0. The van der Waals surface area contributed by atoms with Crippen LogP contribution >= 0.6 is 0 Å². The Bertz CT molecular complexity index is 749. The second-order valence-corrected chi connectivity index (χ2v) is 5.13. The van der Waals surface area contributed by atoms with Gasteiger partial charge < -0.3 is 19.2 Å². The molecule has 0 fully saturated rings. The largest absolute Gasteiger partial charge is 0.491 e. The Morgan fingerprint density at radius 3 is 2.96 bits per heavy atom. The molecule has 0 saturated heterocycles. The molecule has 1 aliphatic rings. The van der Waals surface area contributed by atoms with Crippen molar-refractivity contribution in [1.29, 1.82) is 0 Å². The molecule has 0 unspecified atom stereocenters. The number of hydrogen-bond donors (Lipinski definition) is 1. The van der Waals surface area contributed by atoms with Crippen molar-refractivity contribution >= 4 is 18.6 Å². The van der Waals surface area contributed by atoms with Crippen LogP contribution in [0.2, 0.25) is 0 Å². The zero-order chi connectivity index (χ0) is 16.4. The van der Waals surface area contributed by atoms with E-state index in [0.29, 0.717) is 36.1 Å². The normalized spacial score (nSPS) is 12.9. The van der Waals surface area contributed by atoms with Crippen LogP contribution < -0.4 is 10.2 Å². The summed E-state index contributed by atoms with van der Waals surface area (Å²) in [7, 11) is -0.872. The van der Waals surface area contributed by atoms with Gasteiger partial charge in [-0.3, -0.25) is 0 Å². The fourth-order valence-corrected chi connectivity index (χ4v) is 2.41. The number of aromatic nitrogens is 1. The Hall–Kier alpha value is -2.38. The average molecular weight is 313 g/mol. The number of ether oxygens (including phenoxy) is 2. The SMILES string of the molecule is CCOC(=O)c1ccc(Oc2ccc3c(c2)COB3O)nc1C. The lowest BCUT2D eigenvalue weighted by molar-refractivity contribution is 0.0525. The van der Waals surface area contributed by atoms with Crippen LogP contribution in [0, 0.1) is 6.92 Å². The van der Waals surface area contributed by atoms with E-state index in [1.54, 1.807) is 38.1 Å². The molecule has 2 aromatic rings. The van der Waals surface area contributed by atoms with E-state index in [2.05, 4.69) is 4.98 Å². The Labute approximate surface area is 134 Å². The molecule has 1 aromatic heterocycles. The highest BCUT2D eigenvalue weighted by Gasteiger charge is 2.27. The molecule has 6 nitrogen and oxygen atoms in total. The lowest BCUT2D eigenvalue weighted by atomic mass is 9.80. The minimum atomic E-state index is -0.872. The molecule has 0 radical (unpaired) electrons. The molecule has 0 amide bonds. The van der Waals surface area contributed by atoms with Crippen LogP contribution in [0.4, 0.5) is 0 Å². The maximum atomic E-state index is 11.8. The maximum Gasteiger partial charge on any atom is 0.491 e. The van der Waals surface area contributed by atoms with Gasteiger partial charge in [0.2, 0.25) is 5.88 Å². The van der Waals surface area contributed by atoms with Crippen LogP contribution in [0.15, 0.2) is 30.3 Å². The first kappa shape index (κ1) is 15.5. The molecule has 0 atom stereocenters. The molecule has 0 saturated carbocycles. The smallest absolute Gasteiger partial charge is 0.462 e. The summed E-state index contributed by atoms with van der Waals surface area (Å²) in [5.74, 6) is 0.583. The zero-order valence-corrected chi connectivity index (χ0v) is 12.9. The molecular formula is C16H16BNO5. The van der Waals surface area contributed by atoms with Gasteiger partial charge in [0.1, 0.15) is 5.75 Å². The van der Waals surface area contributed by atoms with E-state index in [0.717, 1.165) is 11.0 Å². The summed E-state index contributed by atoms with van der Waals surface area (Å²) in [6.07, 6.45) is 0. The molecule has 2 heterocycles. The highest BCUT2D eigenvalue weighted by atomic mass is 16.5. The van der Waals surface area contributed by atoms with E-state index in [4.69, 9.17) is 14.1 Å². The molecule has 1 aromatic carbocycles. The van der Waals surface area contributed by atoms with E-state index in [1.807, 2.05) is 6.07 Å². The van der Waals surface area contributed by atoms with E-state index in [9.17, 15) is 9.82 Å². The first-order valence-electron chi connectivity index (χ1n) is 7.33. The minimum Gasteiger partial charge on any atom is -0.462 e. The van der Waals surface area contributed by atoms with Gasteiger partial charge in [-0.1, -0.05) is 6.07 Å². The molecule has 1 aliphatic heterocycles. The first-order valence-corrected chi connectivity index (χ1v) is 7.33. The Morgan fingerprint density at radius 2 is 2.22 bits per heavy atom. The van der Waals surface area contributed by atoms with Gasteiger partial charge in [-0.25, -0.2) is 9.78 Å². The summed E-state index contributed by atoms with van der Waals surface area (Å²) in [6.45, 7) is 4.15. The number of carbonyl (C=O) groups excluding carboxylic acids is 1. The van der Waals surface area contributed by atoms with Gasteiger partial charge in [-0.05, 0) is 43.1 Å². The van der Waals surface area contributed by atoms with Crippen molar-refractivity contribution in [1.82, 2.24) is 4.98 Å². The van der Waals surface area contributed by atoms with Crippen molar-refractivity contribution < 1.29 is 23.9 Å². The van der Waals surface area contributed by atoms with Crippen molar-refractivity contribution in [3.8, 4) is 11.6 Å². The Kier molecular flexibility index (Phi) is 4.32. The van der Waals surface area contributed by atoms with Gasteiger partial charge in [0.05, 0.1) is 24.5 Å². The Morgan fingerprint density at radius 1 is 1.39 bits per heavy atom.